The molecule has 7 heteroatoms. The molecule has 40 valence electrons. The van der Waals surface area contributed by atoms with Crippen LogP contribution < -0.4 is 51.4 Å². The Kier molecular flexibility index (Phi) is 12.6. The minimum Gasteiger partial charge on any atom is -0.693 e. The molecule has 0 fully saturated rings. The summed E-state index contributed by atoms with van der Waals surface area (Å²) in [5.74, 6) is 0. The maximum atomic E-state index is 8.74. The van der Waals surface area contributed by atoms with E-state index in [0.29, 0.717) is 0 Å². The van der Waals surface area contributed by atoms with Crippen LogP contribution in [-0.2, 0) is 10.4 Å². The van der Waals surface area contributed by atoms with Crippen LogP contribution in [0.4, 0.5) is 0 Å². The number of nitrogens with two attached hydrogens (primary N) is 1. The second-order valence-corrected chi connectivity index (χ2v) is 1.34. The van der Waals surface area contributed by atoms with Gasteiger partial charge in [-0.15, -0.1) is 0 Å². The van der Waals surface area contributed by atoms with Gasteiger partial charge in [0.2, 0.25) is 0 Å². The van der Waals surface area contributed by atoms with Crippen LogP contribution in [0.15, 0.2) is 0 Å². The SMILES string of the molecule is O=S(=O)(O)O.[K+].[NH2-]. The van der Waals surface area contributed by atoms with Crippen LogP contribution in [0.1, 0.15) is 0 Å². The molecule has 4 N–H and O–H groups in total. The second kappa shape index (κ2) is 5.60. The molecule has 0 spiro atoms. The Morgan fingerprint density at radius 2 is 1.14 bits per heavy atom. The van der Waals surface area contributed by atoms with E-state index in [1.165, 1.54) is 0 Å². The zero-order chi connectivity index (χ0) is 4.50. The van der Waals surface area contributed by atoms with Gasteiger partial charge in [0.25, 0.3) is 0 Å². The number of rotatable bonds is 0. The standard InChI is InChI=1S/K.H2N.H2O4S/c;;1-5(2,3)4/h;1H2;(H2,1,2,3,4)/q+1;-1;. The zero-order valence-corrected chi connectivity index (χ0v) is 7.64. The molecular weight excluding hydrogens is 149 g/mol. The first-order chi connectivity index (χ1) is 2.00. The maximum absolute atomic E-state index is 8.74. The first-order valence-electron chi connectivity index (χ1n) is 0.698. The van der Waals surface area contributed by atoms with Crippen molar-refractivity contribution in [2.24, 2.45) is 0 Å². The van der Waals surface area contributed by atoms with Crippen molar-refractivity contribution in [1.29, 1.82) is 0 Å². The van der Waals surface area contributed by atoms with Gasteiger partial charge in [0.05, 0.1) is 0 Å². The van der Waals surface area contributed by atoms with Gasteiger partial charge < -0.3 is 6.15 Å². The largest absolute Gasteiger partial charge is 1.00 e. The molecule has 0 aromatic carbocycles. The Morgan fingerprint density at radius 3 is 1.14 bits per heavy atom. The molecule has 0 aromatic rings. The molecule has 0 unspecified atom stereocenters. The monoisotopic (exact) mass is 153 g/mol. The van der Waals surface area contributed by atoms with Crippen molar-refractivity contribution in [1.82, 2.24) is 0 Å². The molecule has 0 rings (SSSR count). The minimum atomic E-state index is -4.67. The van der Waals surface area contributed by atoms with Gasteiger partial charge in [-0.2, -0.15) is 8.42 Å². The molecule has 0 bridgehead atoms. The van der Waals surface area contributed by atoms with Crippen LogP contribution in [0, 0.1) is 0 Å². The van der Waals surface area contributed by atoms with Gasteiger partial charge in [0.15, 0.2) is 0 Å². The fraction of sp³-hybridized carbons (Fsp3) is 0. The molecule has 0 radical (unpaired) electrons. The quantitative estimate of drug-likeness (QED) is 0.287. The normalized spacial score (nSPS) is 8.29. The molecule has 0 aliphatic rings. The third-order valence-electron chi connectivity index (χ3n) is 0. The average Bonchev–Trinajstić information content (AvgIpc) is 0.722. The topological polar surface area (TPSA) is 108 Å². The summed E-state index contributed by atoms with van der Waals surface area (Å²) in [6.45, 7) is 0. The van der Waals surface area contributed by atoms with Crippen molar-refractivity contribution in [2.75, 3.05) is 0 Å². The van der Waals surface area contributed by atoms with Crippen LogP contribution in [0.3, 0.4) is 0 Å². The third-order valence-corrected chi connectivity index (χ3v) is 0. The van der Waals surface area contributed by atoms with Crippen LogP contribution in [0.2, 0.25) is 0 Å². The van der Waals surface area contributed by atoms with Gasteiger partial charge in [0.1, 0.15) is 0 Å². The first-order valence-corrected chi connectivity index (χ1v) is 2.10. The van der Waals surface area contributed by atoms with E-state index < -0.39 is 10.4 Å². The smallest absolute Gasteiger partial charge is 0.693 e. The molecular formula is H4KNO4S. The molecule has 0 saturated carbocycles. The molecule has 0 amide bonds. The molecule has 0 aliphatic carbocycles. The summed E-state index contributed by atoms with van der Waals surface area (Å²) in [6.07, 6.45) is 0. The number of hydrogen-bond donors (Lipinski definition) is 2. The van der Waals surface area contributed by atoms with E-state index in [4.69, 9.17) is 17.5 Å². The van der Waals surface area contributed by atoms with E-state index in [9.17, 15) is 0 Å². The van der Waals surface area contributed by atoms with E-state index >= 15 is 0 Å². The fourth-order valence-corrected chi connectivity index (χ4v) is 0. The molecule has 0 heterocycles. The van der Waals surface area contributed by atoms with E-state index in [2.05, 4.69) is 0 Å². The van der Waals surface area contributed by atoms with Crippen LogP contribution >= 0.6 is 0 Å². The summed E-state index contributed by atoms with van der Waals surface area (Å²) < 4.78 is 31.6. The van der Waals surface area contributed by atoms with Crippen molar-refractivity contribution in [2.45, 2.75) is 0 Å². The molecule has 0 aromatic heterocycles. The van der Waals surface area contributed by atoms with Crippen LogP contribution in [-0.4, -0.2) is 17.5 Å². The van der Waals surface area contributed by atoms with Gasteiger partial charge in [0, 0.05) is 0 Å². The Bertz CT molecular complexity index is 94.9. The van der Waals surface area contributed by atoms with E-state index in [-0.39, 0.29) is 57.5 Å². The molecule has 0 aliphatic heterocycles. The fourth-order valence-electron chi connectivity index (χ4n) is 0. The maximum Gasteiger partial charge on any atom is 1.00 e. The van der Waals surface area contributed by atoms with Crippen molar-refractivity contribution >= 4 is 10.4 Å². The van der Waals surface area contributed by atoms with Gasteiger partial charge in [-0.05, 0) is 0 Å². The van der Waals surface area contributed by atoms with Gasteiger partial charge in [-0.25, -0.2) is 0 Å². The Labute approximate surface area is 84.1 Å². The average molecular weight is 153 g/mol. The van der Waals surface area contributed by atoms with E-state index in [1.807, 2.05) is 0 Å². The van der Waals surface area contributed by atoms with Gasteiger partial charge >= 0.3 is 61.8 Å². The number of hydrogen-bond acceptors (Lipinski definition) is 2. The zero-order valence-electron chi connectivity index (χ0n) is 3.70. The Morgan fingerprint density at radius 1 is 1.14 bits per heavy atom. The molecule has 0 saturated heterocycles. The molecule has 5 nitrogen and oxygen atoms in total. The van der Waals surface area contributed by atoms with Crippen LogP contribution in [0.5, 0.6) is 0 Å². The predicted molar refractivity (Wildman–Crippen MR) is 19.5 cm³/mol. The summed E-state index contributed by atoms with van der Waals surface area (Å²) >= 11 is 0. The van der Waals surface area contributed by atoms with E-state index in [1.54, 1.807) is 0 Å². The van der Waals surface area contributed by atoms with Gasteiger partial charge in [-0.3, -0.25) is 9.11 Å². The van der Waals surface area contributed by atoms with E-state index in [0.717, 1.165) is 0 Å². The second-order valence-electron chi connectivity index (χ2n) is 0.448. The van der Waals surface area contributed by atoms with Crippen molar-refractivity contribution in [3.63, 3.8) is 0 Å². The van der Waals surface area contributed by atoms with Crippen molar-refractivity contribution < 1.29 is 68.9 Å². The Hall–Kier alpha value is 1.47. The summed E-state index contributed by atoms with van der Waals surface area (Å²) in [6, 6.07) is 0. The minimum absolute atomic E-state index is 0. The van der Waals surface area contributed by atoms with Gasteiger partial charge in [-0.1, -0.05) is 0 Å². The van der Waals surface area contributed by atoms with Crippen LogP contribution in [0.25, 0.3) is 6.15 Å². The van der Waals surface area contributed by atoms with Crippen molar-refractivity contribution in [3.8, 4) is 0 Å². The molecule has 7 heavy (non-hydrogen) atoms. The summed E-state index contributed by atoms with van der Waals surface area (Å²) in [5, 5.41) is 0. The summed E-state index contributed by atoms with van der Waals surface area (Å²) in [4.78, 5) is 0. The predicted octanol–water partition coefficient (Wildman–Crippen LogP) is -2.93. The Balaban J connectivity index is -0.0000000800. The first kappa shape index (κ1) is 15.8. The third kappa shape index (κ3) is 104. The summed E-state index contributed by atoms with van der Waals surface area (Å²) in [5.41, 5.74) is 0. The summed E-state index contributed by atoms with van der Waals surface area (Å²) in [7, 11) is -4.67. The van der Waals surface area contributed by atoms with Crippen molar-refractivity contribution in [3.05, 3.63) is 6.15 Å². The molecule has 0 atom stereocenters.